The maximum atomic E-state index is 13.6. The van der Waals surface area contributed by atoms with Gasteiger partial charge in [-0.15, -0.1) is 0 Å². The largest absolute Gasteiger partial charge is 0.359 e. The number of likely N-dealkylation sites (N-methyl/N-ethyl adjacent to an activating group) is 1. The quantitative estimate of drug-likeness (QED) is 0.373. The van der Waals surface area contributed by atoms with E-state index in [0.29, 0.717) is 43.5 Å². The van der Waals surface area contributed by atoms with Crippen molar-refractivity contribution in [2.75, 3.05) is 50.0 Å². The average molecular weight is 660 g/mol. The predicted octanol–water partition coefficient (Wildman–Crippen LogP) is 5.28. The maximum absolute atomic E-state index is 13.6. The zero-order valence-electron chi connectivity index (χ0n) is 22.7. The van der Waals surface area contributed by atoms with Gasteiger partial charge in [0.15, 0.2) is 0 Å². The van der Waals surface area contributed by atoms with Crippen LogP contribution in [0.15, 0.2) is 76.1 Å². The molecule has 0 spiro atoms. The van der Waals surface area contributed by atoms with Crippen molar-refractivity contribution in [1.29, 1.82) is 0 Å². The van der Waals surface area contributed by atoms with E-state index in [1.807, 2.05) is 35.2 Å². The van der Waals surface area contributed by atoms with Crippen LogP contribution in [0, 0.1) is 5.92 Å². The zero-order chi connectivity index (χ0) is 29.1. The standard InChI is InChI=1S/C30H32BrClN4O4S/c1-34-15-16-35(20-29(34)37)27-10-8-24(31)19-26(27)33-30(38)23-7-9-25(32)28(18-23)41(39,40)36-13-11-22(12-14-36)17-21-5-3-2-4-6-21/h2-10,18-19,22H,11-17,20H2,1H3,(H,33,38). The van der Waals surface area contributed by atoms with Gasteiger partial charge in [0.25, 0.3) is 5.91 Å². The molecule has 0 atom stereocenters. The number of halogens is 2. The molecule has 0 aliphatic carbocycles. The Labute approximate surface area is 254 Å². The molecule has 3 aromatic carbocycles. The SMILES string of the molecule is CN1CCN(c2ccc(Br)cc2NC(=O)c2ccc(Cl)c(S(=O)(=O)N3CCC(Cc4ccccc4)CC3)c2)CC1=O. The first-order valence-corrected chi connectivity index (χ1v) is 16.2. The molecular weight excluding hydrogens is 628 g/mol. The molecule has 3 aromatic rings. The molecule has 2 amide bonds. The first kappa shape index (κ1) is 29.6. The number of piperidine rings is 1. The Bertz CT molecular complexity index is 1550. The second kappa shape index (κ2) is 12.5. The van der Waals surface area contributed by atoms with Crippen LogP contribution in [0.1, 0.15) is 28.8 Å². The Morgan fingerprint density at radius 3 is 2.44 bits per heavy atom. The molecule has 216 valence electrons. The third kappa shape index (κ3) is 6.77. The highest BCUT2D eigenvalue weighted by molar-refractivity contribution is 9.10. The van der Waals surface area contributed by atoms with Gasteiger partial charge in [-0.05, 0) is 67.1 Å². The molecule has 0 aromatic heterocycles. The minimum Gasteiger partial charge on any atom is -0.359 e. The van der Waals surface area contributed by atoms with Crippen LogP contribution in [-0.2, 0) is 21.2 Å². The van der Waals surface area contributed by atoms with Crippen LogP contribution < -0.4 is 10.2 Å². The summed E-state index contributed by atoms with van der Waals surface area (Å²) in [5, 5.41) is 2.99. The van der Waals surface area contributed by atoms with E-state index in [1.165, 1.54) is 28.1 Å². The molecule has 0 saturated carbocycles. The molecule has 0 radical (unpaired) electrons. The van der Waals surface area contributed by atoms with Crippen molar-refractivity contribution in [3.05, 3.63) is 87.4 Å². The first-order valence-electron chi connectivity index (χ1n) is 13.6. The van der Waals surface area contributed by atoms with Crippen molar-refractivity contribution in [2.24, 2.45) is 5.92 Å². The molecule has 8 nitrogen and oxygen atoms in total. The molecule has 2 fully saturated rings. The van der Waals surface area contributed by atoms with Gasteiger partial charge in [0, 0.05) is 43.3 Å². The fourth-order valence-electron chi connectivity index (χ4n) is 5.33. The van der Waals surface area contributed by atoms with Gasteiger partial charge in [-0.2, -0.15) is 4.31 Å². The Hall–Kier alpha value is -2.92. The highest BCUT2D eigenvalue weighted by Crippen LogP contribution is 2.33. The number of rotatable bonds is 7. The van der Waals surface area contributed by atoms with Crippen molar-refractivity contribution in [3.63, 3.8) is 0 Å². The number of anilines is 2. The number of benzene rings is 3. The lowest BCUT2D eigenvalue weighted by Crippen LogP contribution is -2.48. The van der Waals surface area contributed by atoms with E-state index in [4.69, 9.17) is 11.6 Å². The molecule has 11 heteroatoms. The summed E-state index contributed by atoms with van der Waals surface area (Å²) in [4.78, 5) is 29.2. The molecule has 2 saturated heterocycles. The van der Waals surface area contributed by atoms with Crippen LogP contribution in [0.5, 0.6) is 0 Å². The van der Waals surface area contributed by atoms with Crippen molar-refractivity contribution in [2.45, 2.75) is 24.2 Å². The maximum Gasteiger partial charge on any atom is 0.255 e. The Morgan fingerprint density at radius 2 is 1.73 bits per heavy atom. The van der Waals surface area contributed by atoms with E-state index >= 15 is 0 Å². The number of hydrogen-bond donors (Lipinski definition) is 1. The number of carbonyl (C=O) groups excluding carboxylic acids is 2. The van der Waals surface area contributed by atoms with Gasteiger partial charge in [-0.25, -0.2) is 8.42 Å². The van der Waals surface area contributed by atoms with Gasteiger partial charge >= 0.3 is 0 Å². The van der Waals surface area contributed by atoms with Gasteiger partial charge in [0.2, 0.25) is 15.9 Å². The van der Waals surface area contributed by atoms with Gasteiger partial charge in [0.05, 0.1) is 22.9 Å². The predicted molar refractivity (Wildman–Crippen MR) is 165 cm³/mol. The lowest BCUT2D eigenvalue weighted by molar-refractivity contribution is -0.129. The molecule has 5 rings (SSSR count). The highest BCUT2D eigenvalue weighted by Gasteiger charge is 2.32. The van der Waals surface area contributed by atoms with E-state index in [0.717, 1.165) is 23.7 Å². The second-order valence-electron chi connectivity index (χ2n) is 10.5. The minimum absolute atomic E-state index is 0.00639. The molecule has 1 N–H and O–H groups in total. The summed E-state index contributed by atoms with van der Waals surface area (Å²) >= 11 is 9.84. The van der Waals surface area contributed by atoms with Crippen LogP contribution in [0.3, 0.4) is 0 Å². The number of hydrogen-bond acceptors (Lipinski definition) is 5. The van der Waals surface area contributed by atoms with Crippen LogP contribution >= 0.6 is 27.5 Å². The van der Waals surface area contributed by atoms with E-state index in [-0.39, 0.29) is 27.9 Å². The van der Waals surface area contributed by atoms with Crippen LogP contribution in [0.2, 0.25) is 5.02 Å². The van der Waals surface area contributed by atoms with Gasteiger partial charge < -0.3 is 15.1 Å². The lowest BCUT2D eigenvalue weighted by atomic mass is 9.91. The summed E-state index contributed by atoms with van der Waals surface area (Å²) in [5.74, 6) is -0.0704. The number of amides is 2. The molecular formula is C30H32BrClN4O4S. The monoisotopic (exact) mass is 658 g/mol. The third-order valence-corrected chi connectivity index (χ3v) is 10.6. The first-order chi connectivity index (χ1) is 19.6. The van der Waals surface area contributed by atoms with E-state index in [2.05, 4.69) is 33.4 Å². The molecule has 41 heavy (non-hydrogen) atoms. The van der Waals surface area contributed by atoms with Gasteiger partial charge in [0.1, 0.15) is 4.90 Å². The normalized spacial score (nSPS) is 17.1. The van der Waals surface area contributed by atoms with Gasteiger partial charge in [-0.1, -0.05) is 57.9 Å². The van der Waals surface area contributed by atoms with Crippen molar-refractivity contribution in [3.8, 4) is 0 Å². The van der Waals surface area contributed by atoms with E-state index < -0.39 is 15.9 Å². The summed E-state index contributed by atoms with van der Waals surface area (Å²) < 4.78 is 29.5. The summed E-state index contributed by atoms with van der Waals surface area (Å²) in [6.45, 7) is 2.20. The van der Waals surface area contributed by atoms with Crippen molar-refractivity contribution < 1.29 is 18.0 Å². The van der Waals surface area contributed by atoms with Gasteiger partial charge in [-0.3, -0.25) is 9.59 Å². The van der Waals surface area contributed by atoms with Crippen molar-refractivity contribution in [1.82, 2.24) is 9.21 Å². The van der Waals surface area contributed by atoms with Crippen LogP contribution in [0.25, 0.3) is 0 Å². The fraction of sp³-hybridized carbons (Fsp3) is 0.333. The van der Waals surface area contributed by atoms with Crippen LogP contribution in [0.4, 0.5) is 11.4 Å². The summed E-state index contributed by atoms with van der Waals surface area (Å²) in [6, 6.07) is 20.0. The third-order valence-electron chi connectivity index (χ3n) is 7.76. The minimum atomic E-state index is -3.90. The number of nitrogens with zero attached hydrogens (tertiary/aromatic N) is 3. The average Bonchev–Trinajstić information content (AvgIpc) is 2.96. The number of sulfonamides is 1. The Balaban J connectivity index is 1.31. The molecule has 2 heterocycles. The Morgan fingerprint density at radius 1 is 1.00 bits per heavy atom. The Kier molecular flexibility index (Phi) is 9.03. The van der Waals surface area contributed by atoms with E-state index in [9.17, 15) is 18.0 Å². The summed E-state index contributed by atoms with van der Waals surface area (Å²) in [5.41, 5.74) is 2.65. The molecule has 0 bridgehead atoms. The molecule has 0 unspecified atom stereocenters. The summed E-state index contributed by atoms with van der Waals surface area (Å²) in [7, 11) is -2.13. The summed E-state index contributed by atoms with van der Waals surface area (Å²) in [6.07, 6.45) is 2.43. The number of nitrogens with one attached hydrogen (secondary N) is 1. The lowest BCUT2D eigenvalue weighted by Gasteiger charge is -2.34. The molecule has 2 aliphatic rings. The smallest absolute Gasteiger partial charge is 0.255 e. The van der Waals surface area contributed by atoms with E-state index in [1.54, 1.807) is 18.0 Å². The molecule has 2 aliphatic heterocycles. The number of carbonyl (C=O) groups is 2. The number of piperazine rings is 1. The fourth-order valence-corrected chi connectivity index (χ4v) is 7.66. The zero-order valence-corrected chi connectivity index (χ0v) is 25.9. The second-order valence-corrected chi connectivity index (χ2v) is 13.8. The van der Waals surface area contributed by atoms with Crippen molar-refractivity contribution >= 4 is 60.7 Å². The van der Waals surface area contributed by atoms with Crippen LogP contribution in [-0.4, -0.2) is 69.2 Å². The topological polar surface area (TPSA) is 90.0 Å². The highest BCUT2D eigenvalue weighted by atomic mass is 79.9.